The Labute approximate surface area is 121 Å². The molecule has 0 amide bonds. The summed E-state index contributed by atoms with van der Waals surface area (Å²) in [5, 5.41) is 0. The van der Waals surface area contributed by atoms with E-state index in [0.717, 1.165) is 0 Å². The third kappa shape index (κ3) is 2.62. The highest BCUT2D eigenvalue weighted by Crippen LogP contribution is 2.38. The minimum Gasteiger partial charge on any atom is -0.489 e. The molecule has 2 aromatic carbocycles. The zero-order valence-electron chi connectivity index (χ0n) is 13.4. The van der Waals surface area contributed by atoms with Crippen LogP contribution in [0.1, 0.15) is 27.7 Å². The number of hydrogen-bond donors (Lipinski definition) is 0. The van der Waals surface area contributed by atoms with Crippen LogP contribution in [0, 0.1) is 5.82 Å². The molecule has 1 aliphatic heterocycles. The second kappa shape index (κ2) is 4.82. The van der Waals surface area contributed by atoms with E-state index in [1.165, 1.54) is 12.1 Å². The van der Waals surface area contributed by atoms with Gasteiger partial charge in [-0.05, 0) is 38.1 Å². The van der Waals surface area contributed by atoms with Gasteiger partial charge < -0.3 is 9.47 Å². The van der Waals surface area contributed by atoms with E-state index in [2.05, 4.69) is 0 Å². The van der Waals surface area contributed by atoms with Gasteiger partial charge in [0.05, 0.1) is 0 Å². The standard InChI is InChI=1S/C17H17FO2/c1-17(2)10-12-8-14(18)9-13(16(12)20-17)11-19-15-6-4-3-5-7-15/h3-9H,10-11H2,1-2H3/i10D2. The van der Waals surface area contributed by atoms with Crippen molar-refractivity contribution in [1.82, 2.24) is 0 Å². The van der Waals surface area contributed by atoms with Crippen LogP contribution in [0.15, 0.2) is 42.5 Å². The zero-order valence-corrected chi connectivity index (χ0v) is 11.4. The van der Waals surface area contributed by atoms with E-state index in [-0.39, 0.29) is 12.2 Å². The molecule has 2 nitrogen and oxygen atoms in total. The summed E-state index contributed by atoms with van der Waals surface area (Å²) >= 11 is 0. The van der Waals surface area contributed by atoms with Crippen LogP contribution >= 0.6 is 0 Å². The first-order valence-electron chi connectivity index (χ1n) is 7.51. The Kier molecular flexibility index (Phi) is 2.58. The molecule has 1 aliphatic rings. The molecule has 0 saturated carbocycles. The molecule has 2 aromatic rings. The molecule has 0 aliphatic carbocycles. The maximum absolute atomic E-state index is 13.9. The minimum atomic E-state index is -1.76. The lowest BCUT2D eigenvalue weighted by molar-refractivity contribution is 0.135. The lowest BCUT2D eigenvalue weighted by Crippen LogP contribution is -2.24. The Morgan fingerprint density at radius 1 is 1.30 bits per heavy atom. The van der Waals surface area contributed by atoms with Crippen LogP contribution in [0.5, 0.6) is 11.5 Å². The van der Waals surface area contributed by atoms with Crippen molar-refractivity contribution in [3.63, 3.8) is 0 Å². The molecular weight excluding hydrogens is 255 g/mol. The van der Waals surface area contributed by atoms with Crippen molar-refractivity contribution in [2.24, 2.45) is 0 Å². The zero-order chi connectivity index (χ0) is 16.0. The Bertz CT molecular complexity index is 699. The van der Waals surface area contributed by atoms with Crippen molar-refractivity contribution < 1.29 is 16.6 Å². The molecule has 0 radical (unpaired) electrons. The summed E-state index contributed by atoms with van der Waals surface area (Å²) in [5.74, 6) is 0.559. The van der Waals surface area contributed by atoms with Crippen molar-refractivity contribution in [3.05, 3.63) is 59.4 Å². The number of fused-ring (bicyclic) bond motifs is 1. The van der Waals surface area contributed by atoms with E-state index < -0.39 is 17.8 Å². The van der Waals surface area contributed by atoms with Gasteiger partial charge in [0, 0.05) is 20.2 Å². The number of hydrogen-bond acceptors (Lipinski definition) is 2. The van der Waals surface area contributed by atoms with Gasteiger partial charge in [-0.1, -0.05) is 18.2 Å². The highest BCUT2D eigenvalue weighted by Gasteiger charge is 2.32. The topological polar surface area (TPSA) is 18.5 Å². The van der Waals surface area contributed by atoms with Crippen LogP contribution in [-0.4, -0.2) is 5.60 Å². The van der Waals surface area contributed by atoms with E-state index in [4.69, 9.17) is 12.2 Å². The van der Waals surface area contributed by atoms with Crippen LogP contribution in [0.2, 0.25) is 0 Å². The molecule has 0 saturated heterocycles. The lowest BCUT2D eigenvalue weighted by Gasteiger charge is -2.18. The maximum atomic E-state index is 13.9. The first kappa shape index (κ1) is 10.7. The number of benzene rings is 2. The predicted molar refractivity (Wildman–Crippen MR) is 75.6 cm³/mol. The van der Waals surface area contributed by atoms with Crippen molar-refractivity contribution in [3.8, 4) is 11.5 Å². The van der Waals surface area contributed by atoms with E-state index in [1.807, 2.05) is 30.3 Å². The maximum Gasteiger partial charge on any atom is 0.130 e. The summed E-state index contributed by atoms with van der Waals surface area (Å²) in [6, 6.07) is 11.7. The fourth-order valence-electron chi connectivity index (χ4n) is 2.25. The Balaban J connectivity index is 1.95. The third-order valence-corrected chi connectivity index (χ3v) is 3.06. The van der Waals surface area contributed by atoms with Gasteiger partial charge >= 0.3 is 0 Å². The van der Waals surface area contributed by atoms with Crippen molar-refractivity contribution in [2.45, 2.75) is 32.4 Å². The summed E-state index contributed by atoms with van der Waals surface area (Å²) in [5.41, 5.74) is -0.303. The second-order valence-electron chi connectivity index (χ2n) is 5.28. The first-order chi connectivity index (χ1) is 10.3. The Morgan fingerprint density at radius 3 is 2.80 bits per heavy atom. The van der Waals surface area contributed by atoms with Crippen LogP contribution in [0.4, 0.5) is 4.39 Å². The fraction of sp³-hybridized carbons (Fsp3) is 0.294. The van der Waals surface area contributed by atoms with Crippen molar-refractivity contribution in [1.29, 1.82) is 0 Å². The van der Waals surface area contributed by atoms with Crippen LogP contribution in [-0.2, 0) is 13.0 Å². The van der Waals surface area contributed by atoms with Gasteiger partial charge in [0.2, 0.25) is 0 Å². The molecule has 3 rings (SSSR count). The summed E-state index contributed by atoms with van der Waals surface area (Å²) < 4.78 is 41.7. The van der Waals surface area contributed by atoms with Gasteiger partial charge in [0.15, 0.2) is 0 Å². The molecule has 0 fully saturated rings. The van der Waals surface area contributed by atoms with E-state index in [9.17, 15) is 4.39 Å². The average molecular weight is 274 g/mol. The van der Waals surface area contributed by atoms with Gasteiger partial charge in [-0.25, -0.2) is 4.39 Å². The quantitative estimate of drug-likeness (QED) is 0.838. The molecule has 0 atom stereocenters. The fourth-order valence-corrected chi connectivity index (χ4v) is 2.25. The molecular formula is C17H17FO2. The molecule has 0 aromatic heterocycles. The van der Waals surface area contributed by atoms with Crippen molar-refractivity contribution >= 4 is 0 Å². The highest BCUT2D eigenvalue weighted by atomic mass is 19.1. The summed E-state index contributed by atoms with van der Waals surface area (Å²) in [7, 11) is 0. The smallest absolute Gasteiger partial charge is 0.130 e. The Morgan fingerprint density at radius 2 is 2.05 bits per heavy atom. The lowest BCUT2D eigenvalue weighted by atomic mass is 10.0. The van der Waals surface area contributed by atoms with Crippen molar-refractivity contribution in [2.75, 3.05) is 0 Å². The van der Waals surface area contributed by atoms with E-state index in [1.54, 1.807) is 13.8 Å². The Hall–Kier alpha value is -2.03. The minimum absolute atomic E-state index is 0.121. The third-order valence-electron chi connectivity index (χ3n) is 3.06. The number of rotatable bonds is 3. The largest absolute Gasteiger partial charge is 0.489 e. The molecule has 0 bridgehead atoms. The SMILES string of the molecule is [2H]C1([2H])c2cc(F)cc(COc3ccccc3)c2OC1(C)C. The molecule has 0 unspecified atom stereocenters. The normalized spacial score (nSPS) is 19.6. The second-order valence-corrected chi connectivity index (χ2v) is 5.28. The highest BCUT2D eigenvalue weighted by molar-refractivity contribution is 5.46. The van der Waals surface area contributed by atoms with E-state index >= 15 is 0 Å². The summed E-state index contributed by atoms with van der Waals surface area (Å²) in [6.45, 7) is 3.44. The van der Waals surface area contributed by atoms with Crippen LogP contribution in [0.25, 0.3) is 0 Å². The predicted octanol–water partition coefficient (Wildman–Crippen LogP) is 4.12. The van der Waals surface area contributed by atoms with Crippen LogP contribution < -0.4 is 9.47 Å². The van der Waals surface area contributed by atoms with E-state index in [0.29, 0.717) is 17.1 Å². The summed E-state index contributed by atoms with van der Waals surface area (Å²) in [4.78, 5) is 0. The van der Waals surface area contributed by atoms with Gasteiger partial charge in [-0.2, -0.15) is 0 Å². The molecule has 0 N–H and O–H groups in total. The molecule has 3 heteroatoms. The van der Waals surface area contributed by atoms with Gasteiger partial charge in [-0.15, -0.1) is 0 Å². The number of para-hydroxylation sites is 1. The molecule has 1 heterocycles. The number of ether oxygens (including phenoxy) is 2. The first-order valence-corrected chi connectivity index (χ1v) is 6.51. The summed E-state index contributed by atoms with van der Waals surface area (Å²) in [6.07, 6.45) is -1.76. The molecule has 0 spiro atoms. The van der Waals surface area contributed by atoms with Gasteiger partial charge in [0.25, 0.3) is 0 Å². The number of halogens is 1. The van der Waals surface area contributed by atoms with Gasteiger partial charge in [-0.3, -0.25) is 0 Å². The van der Waals surface area contributed by atoms with Gasteiger partial charge in [0.1, 0.15) is 29.5 Å². The monoisotopic (exact) mass is 274 g/mol. The van der Waals surface area contributed by atoms with Crippen LogP contribution in [0.3, 0.4) is 0 Å². The molecule has 104 valence electrons. The average Bonchev–Trinajstić information content (AvgIpc) is 2.65. The molecule has 20 heavy (non-hydrogen) atoms.